The Morgan fingerprint density at radius 1 is 1.18 bits per heavy atom. The maximum absolute atomic E-state index is 12.1. The SMILES string of the molecule is Cc1ccc(N(C)C(=O)Cc2ccccc2)s1. The van der Waals surface area contributed by atoms with E-state index in [1.165, 1.54) is 4.88 Å². The molecule has 17 heavy (non-hydrogen) atoms. The zero-order valence-corrected chi connectivity index (χ0v) is 10.8. The van der Waals surface area contributed by atoms with Gasteiger partial charge in [0.05, 0.1) is 11.4 Å². The van der Waals surface area contributed by atoms with Gasteiger partial charge >= 0.3 is 0 Å². The highest BCUT2D eigenvalue weighted by Crippen LogP contribution is 2.24. The first-order valence-corrected chi connectivity index (χ1v) is 6.35. The first-order chi connectivity index (χ1) is 8.16. The molecule has 1 amide bonds. The van der Waals surface area contributed by atoms with Crippen LogP contribution in [-0.4, -0.2) is 13.0 Å². The maximum Gasteiger partial charge on any atom is 0.231 e. The van der Waals surface area contributed by atoms with Crippen molar-refractivity contribution in [1.82, 2.24) is 0 Å². The number of nitrogens with zero attached hydrogens (tertiary/aromatic N) is 1. The zero-order chi connectivity index (χ0) is 12.3. The largest absolute Gasteiger partial charge is 0.307 e. The fraction of sp³-hybridized carbons (Fsp3) is 0.214. The van der Waals surface area contributed by atoms with Crippen LogP contribution in [0.4, 0.5) is 5.00 Å². The lowest BCUT2D eigenvalue weighted by atomic mass is 10.1. The molecule has 0 saturated heterocycles. The second-order valence-corrected chi connectivity index (χ2v) is 5.27. The number of hydrogen-bond acceptors (Lipinski definition) is 2. The van der Waals surface area contributed by atoms with Gasteiger partial charge in [-0.25, -0.2) is 0 Å². The summed E-state index contributed by atoms with van der Waals surface area (Å²) in [5, 5.41) is 1.00. The summed E-state index contributed by atoms with van der Waals surface area (Å²) in [5.74, 6) is 0.123. The Kier molecular flexibility index (Phi) is 3.59. The number of rotatable bonds is 3. The zero-order valence-electron chi connectivity index (χ0n) is 10.0. The van der Waals surface area contributed by atoms with Crippen molar-refractivity contribution < 1.29 is 4.79 Å². The third-order valence-corrected chi connectivity index (χ3v) is 3.71. The Morgan fingerprint density at radius 3 is 2.47 bits per heavy atom. The summed E-state index contributed by atoms with van der Waals surface area (Å²) in [7, 11) is 1.83. The molecule has 2 rings (SSSR count). The average molecular weight is 245 g/mol. The van der Waals surface area contributed by atoms with Gasteiger partial charge in [0, 0.05) is 11.9 Å². The van der Waals surface area contributed by atoms with E-state index in [0.717, 1.165) is 10.6 Å². The number of carbonyl (C=O) groups excluding carboxylic acids is 1. The number of carbonyl (C=O) groups is 1. The minimum atomic E-state index is 0.123. The second kappa shape index (κ2) is 5.15. The van der Waals surface area contributed by atoms with Crippen LogP contribution in [0.15, 0.2) is 42.5 Å². The van der Waals surface area contributed by atoms with Crippen molar-refractivity contribution in [3.05, 3.63) is 52.9 Å². The molecule has 1 aromatic heterocycles. The van der Waals surface area contributed by atoms with Gasteiger partial charge < -0.3 is 4.90 Å². The second-order valence-electron chi connectivity index (χ2n) is 4.00. The van der Waals surface area contributed by atoms with Crippen molar-refractivity contribution in [3.63, 3.8) is 0 Å². The van der Waals surface area contributed by atoms with Gasteiger partial charge in [-0.2, -0.15) is 0 Å². The molecule has 0 atom stereocenters. The highest BCUT2D eigenvalue weighted by molar-refractivity contribution is 7.16. The molecule has 0 fully saturated rings. The number of benzene rings is 1. The van der Waals surface area contributed by atoms with Gasteiger partial charge in [0.25, 0.3) is 0 Å². The van der Waals surface area contributed by atoms with Crippen LogP contribution in [0, 0.1) is 6.92 Å². The van der Waals surface area contributed by atoms with Gasteiger partial charge in [0.15, 0.2) is 0 Å². The van der Waals surface area contributed by atoms with Crippen LogP contribution < -0.4 is 4.90 Å². The number of amides is 1. The van der Waals surface area contributed by atoms with E-state index in [0.29, 0.717) is 6.42 Å². The Bertz CT molecular complexity index is 504. The van der Waals surface area contributed by atoms with E-state index in [9.17, 15) is 4.79 Å². The van der Waals surface area contributed by atoms with E-state index in [-0.39, 0.29) is 5.91 Å². The number of likely N-dealkylation sites (N-methyl/N-ethyl adjacent to an activating group) is 1. The maximum atomic E-state index is 12.1. The molecule has 0 aliphatic rings. The summed E-state index contributed by atoms with van der Waals surface area (Å²) in [5.41, 5.74) is 1.05. The molecule has 0 aliphatic heterocycles. The predicted octanol–water partition coefficient (Wildman–Crippen LogP) is 3.26. The quantitative estimate of drug-likeness (QED) is 0.812. The number of anilines is 1. The molecule has 0 saturated carbocycles. The summed E-state index contributed by atoms with van der Waals surface area (Å²) in [6, 6.07) is 13.8. The van der Waals surface area contributed by atoms with Crippen LogP contribution >= 0.6 is 11.3 Å². The molecule has 0 radical (unpaired) electrons. The minimum absolute atomic E-state index is 0.123. The molecule has 0 unspecified atom stereocenters. The van der Waals surface area contributed by atoms with Crippen molar-refractivity contribution in [2.24, 2.45) is 0 Å². The van der Waals surface area contributed by atoms with E-state index in [4.69, 9.17) is 0 Å². The fourth-order valence-electron chi connectivity index (χ4n) is 1.61. The van der Waals surface area contributed by atoms with Gasteiger partial charge in [-0.1, -0.05) is 30.3 Å². The van der Waals surface area contributed by atoms with E-state index in [2.05, 4.69) is 0 Å². The minimum Gasteiger partial charge on any atom is -0.307 e. The van der Waals surface area contributed by atoms with Gasteiger partial charge in [0.1, 0.15) is 0 Å². The Balaban J connectivity index is 2.06. The van der Waals surface area contributed by atoms with Crippen LogP contribution in [-0.2, 0) is 11.2 Å². The van der Waals surface area contributed by atoms with Crippen molar-refractivity contribution in [2.75, 3.05) is 11.9 Å². The smallest absolute Gasteiger partial charge is 0.231 e. The average Bonchev–Trinajstić information content (AvgIpc) is 2.76. The summed E-state index contributed by atoms with van der Waals surface area (Å²) in [4.78, 5) is 15.0. The van der Waals surface area contributed by atoms with Crippen LogP contribution in [0.5, 0.6) is 0 Å². The van der Waals surface area contributed by atoms with E-state index in [1.54, 1.807) is 16.2 Å². The van der Waals surface area contributed by atoms with E-state index >= 15 is 0 Å². The first kappa shape index (κ1) is 11.9. The summed E-state index contributed by atoms with van der Waals surface area (Å²) in [6.45, 7) is 2.05. The molecule has 88 valence electrons. The Morgan fingerprint density at radius 2 is 1.88 bits per heavy atom. The summed E-state index contributed by atoms with van der Waals surface area (Å²) in [6.07, 6.45) is 0.453. The number of aryl methyl sites for hydroxylation is 1. The molecule has 2 nitrogen and oxygen atoms in total. The molecule has 1 heterocycles. The Labute approximate surface area is 106 Å². The molecule has 0 spiro atoms. The van der Waals surface area contributed by atoms with Gasteiger partial charge in [0.2, 0.25) is 5.91 Å². The standard InChI is InChI=1S/C14H15NOS/c1-11-8-9-14(17-11)15(2)13(16)10-12-6-4-3-5-7-12/h3-9H,10H2,1-2H3. The molecule has 0 N–H and O–H groups in total. The normalized spacial score (nSPS) is 10.2. The lowest BCUT2D eigenvalue weighted by Crippen LogP contribution is -2.26. The van der Waals surface area contributed by atoms with Crippen LogP contribution in [0.25, 0.3) is 0 Å². The Hall–Kier alpha value is -1.61. The van der Waals surface area contributed by atoms with E-state index in [1.807, 2.05) is 56.4 Å². The monoisotopic (exact) mass is 245 g/mol. The predicted molar refractivity (Wildman–Crippen MR) is 72.6 cm³/mol. The van der Waals surface area contributed by atoms with Crippen molar-refractivity contribution >= 4 is 22.2 Å². The fourth-order valence-corrected chi connectivity index (χ4v) is 2.45. The molecule has 3 heteroatoms. The highest BCUT2D eigenvalue weighted by Gasteiger charge is 2.12. The van der Waals surface area contributed by atoms with E-state index < -0.39 is 0 Å². The van der Waals surface area contributed by atoms with Gasteiger partial charge in [-0.15, -0.1) is 11.3 Å². The molecule has 2 aromatic rings. The van der Waals surface area contributed by atoms with Crippen molar-refractivity contribution in [1.29, 1.82) is 0 Å². The van der Waals surface area contributed by atoms with Crippen LogP contribution in [0.2, 0.25) is 0 Å². The van der Waals surface area contributed by atoms with Crippen molar-refractivity contribution in [3.8, 4) is 0 Å². The molecule has 0 aliphatic carbocycles. The number of hydrogen-bond donors (Lipinski definition) is 0. The molecular formula is C14H15NOS. The first-order valence-electron chi connectivity index (χ1n) is 5.54. The molecule has 1 aromatic carbocycles. The topological polar surface area (TPSA) is 20.3 Å². The summed E-state index contributed by atoms with van der Waals surface area (Å²) < 4.78 is 0. The van der Waals surface area contributed by atoms with Crippen molar-refractivity contribution in [2.45, 2.75) is 13.3 Å². The third kappa shape index (κ3) is 2.94. The highest BCUT2D eigenvalue weighted by atomic mass is 32.1. The lowest BCUT2D eigenvalue weighted by Gasteiger charge is -2.14. The third-order valence-electron chi connectivity index (χ3n) is 2.63. The lowest BCUT2D eigenvalue weighted by molar-refractivity contribution is -0.117. The molecular weight excluding hydrogens is 230 g/mol. The molecule has 0 bridgehead atoms. The van der Waals surface area contributed by atoms with Gasteiger partial charge in [-0.05, 0) is 24.6 Å². The van der Waals surface area contributed by atoms with Gasteiger partial charge in [-0.3, -0.25) is 4.79 Å². The van der Waals surface area contributed by atoms with Crippen LogP contribution in [0.3, 0.4) is 0 Å². The summed E-state index contributed by atoms with van der Waals surface area (Å²) >= 11 is 1.64. The number of thiophene rings is 1. The van der Waals surface area contributed by atoms with Crippen LogP contribution in [0.1, 0.15) is 10.4 Å².